The van der Waals surface area contributed by atoms with Crippen molar-refractivity contribution in [3.63, 3.8) is 0 Å². The number of nitrogens with one attached hydrogen (secondary N) is 1. The van der Waals surface area contributed by atoms with Gasteiger partial charge in [0.25, 0.3) is 0 Å². The van der Waals surface area contributed by atoms with Gasteiger partial charge in [-0.3, -0.25) is 19.8 Å². The molecule has 1 aliphatic heterocycles. The number of amides is 1. The highest BCUT2D eigenvalue weighted by atomic mass is 16.6. The molecule has 1 amide bonds. The van der Waals surface area contributed by atoms with E-state index >= 15 is 0 Å². The molecule has 8 nitrogen and oxygen atoms in total. The topological polar surface area (TPSA) is 91.6 Å². The van der Waals surface area contributed by atoms with Crippen LogP contribution < -0.4 is 10.2 Å². The van der Waals surface area contributed by atoms with E-state index in [-0.39, 0.29) is 11.6 Å². The summed E-state index contributed by atoms with van der Waals surface area (Å²) in [4.78, 5) is 30.2. The Labute approximate surface area is 122 Å². The van der Waals surface area contributed by atoms with Crippen molar-refractivity contribution in [2.45, 2.75) is 6.92 Å². The predicted molar refractivity (Wildman–Crippen MR) is 78.2 cm³/mol. The highest BCUT2D eigenvalue weighted by molar-refractivity contribution is 5.78. The van der Waals surface area contributed by atoms with Crippen molar-refractivity contribution < 1.29 is 9.72 Å². The third-order valence-electron chi connectivity index (χ3n) is 3.38. The molecule has 0 bridgehead atoms. The molecule has 0 unspecified atom stereocenters. The molecular weight excluding hydrogens is 274 g/mol. The summed E-state index contributed by atoms with van der Waals surface area (Å²) >= 11 is 0. The van der Waals surface area contributed by atoms with E-state index in [1.54, 1.807) is 12.3 Å². The van der Waals surface area contributed by atoms with Crippen LogP contribution in [-0.4, -0.2) is 60.0 Å². The first-order valence-corrected chi connectivity index (χ1v) is 6.95. The van der Waals surface area contributed by atoms with Gasteiger partial charge in [0.1, 0.15) is 0 Å². The van der Waals surface area contributed by atoms with E-state index in [9.17, 15) is 14.9 Å². The zero-order chi connectivity index (χ0) is 15.2. The lowest BCUT2D eigenvalue weighted by atomic mass is 10.2. The molecule has 0 aliphatic carbocycles. The Hall–Kier alpha value is -2.22. The third kappa shape index (κ3) is 3.88. The normalized spacial score (nSPS) is 15.8. The molecule has 1 N–H and O–H groups in total. The number of pyridine rings is 1. The quantitative estimate of drug-likeness (QED) is 0.618. The lowest BCUT2D eigenvalue weighted by Crippen LogP contribution is -2.49. The van der Waals surface area contributed by atoms with E-state index in [1.807, 2.05) is 16.7 Å². The van der Waals surface area contributed by atoms with Crippen LogP contribution in [0.15, 0.2) is 18.3 Å². The summed E-state index contributed by atoms with van der Waals surface area (Å²) in [5, 5.41) is 13.8. The minimum absolute atomic E-state index is 0.00904. The number of rotatable bonds is 5. The monoisotopic (exact) mass is 293 g/mol. The number of nitro groups is 1. The predicted octanol–water partition coefficient (Wildman–Crippen LogP) is 0.248. The van der Waals surface area contributed by atoms with Crippen molar-refractivity contribution in [2.75, 3.05) is 44.2 Å². The average Bonchev–Trinajstić information content (AvgIpc) is 2.48. The van der Waals surface area contributed by atoms with Gasteiger partial charge in [0.2, 0.25) is 11.7 Å². The van der Waals surface area contributed by atoms with Gasteiger partial charge in [0.15, 0.2) is 0 Å². The molecule has 2 heterocycles. The van der Waals surface area contributed by atoms with E-state index in [1.165, 1.54) is 6.07 Å². The Morgan fingerprint density at radius 1 is 1.43 bits per heavy atom. The van der Waals surface area contributed by atoms with Gasteiger partial charge < -0.3 is 10.2 Å². The van der Waals surface area contributed by atoms with Crippen LogP contribution in [0.1, 0.15) is 6.92 Å². The molecule has 0 spiro atoms. The van der Waals surface area contributed by atoms with Crippen LogP contribution in [0.4, 0.5) is 11.5 Å². The largest absolute Gasteiger partial charge is 0.355 e. The highest BCUT2D eigenvalue weighted by Crippen LogP contribution is 2.25. The van der Waals surface area contributed by atoms with E-state index in [2.05, 4.69) is 10.3 Å². The number of likely N-dealkylation sites (N-methyl/N-ethyl adjacent to an activating group) is 1. The van der Waals surface area contributed by atoms with Crippen LogP contribution in [0.2, 0.25) is 0 Å². The minimum Gasteiger partial charge on any atom is -0.355 e. The fourth-order valence-corrected chi connectivity index (χ4v) is 2.35. The molecule has 1 aromatic rings. The molecule has 0 aromatic carbocycles. The molecule has 1 aromatic heterocycles. The minimum atomic E-state index is -0.413. The second-order valence-electron chi connectivity index (χ2n) is 4.82. The number of carbonyl (C=O) groups excluding carboxylic acids is 1. The summed E-state index contributed by atoms with van der Waals surface area (Å²) in [6, 6.07) is 3.02. The van der Waals surface area contributed by atoms with Crippen LogP contribution in [0.25, 0.3) is 0 Å². The first-order valence-electron chi connectivity index (χ1n) is 6.95. The standard InChI is InChI=1S/C13H19N5O3/c1-2-14-12(19)10-16-6-8-17(9-7-16)13-11(18(20)21)4-3-5-15-13/h3-5H,2,6-10H2,1H3,(H,14,19). The molecule has 0 atom stereocenters. The van der Waals surface area contributed by atoms with Crippen molar-refractivity contribution in [2.24, 2.45) is 0 Å². The lowest BCUT2D eigenvalue weighted by Gasteiger charge is -2.34. The Morgan fingerprint density at radius 2 is 2.14 bits per heavy atom. The summed E-state index contributed by atoms with van der Waals surface area (Å²) in [7, 11) is 0. The van der Waals surface area contributed by atoms with Crippen LogP contribution in [0, 0.1) is 10.1 Å². The maximum absolute atomic E-state index is 11.5. The molecule has 1 fully saturated rings. The maximum Gasteiger partial charge on any atom is 0.311 e. The number of nitrogens with zero attached hydrogens (tertiary/aromatic N) is 4. The Balaban J connectivity index is 1.95. The number of piperazine rings is 1. The number of hydrogen-bond donors (Lipinski definition) is 1. The number of anilines is 1. The van der Waals surface area contributed by atoms with E-state index in [4.69, 9.17) is 0 Å². The Bertz CT molecular complexity index is 514. The number of hydrogen-bond acceptors (Lipinski definition) is 6. The molecule has 21 heavy (non-hydrogen) atoms. The van der Waals surface area contributed by atoms with Crippen LogP contribution >= 0.6 is 0 Å². The molecular formula is C13H19N5O3. The van der Waals surface area contributed by atoms with Gasteiger partial charge in [-0.25, -0.2) is 4.98 Å². The number of carbonyl (C=O) groups is 1. The second kappa shape index (κ2) is 6.98. The molecule has 2 rings (SSSR count). The van der Waals surface area contributed by atoms with Crippen molar-refractivity contribution in [3.05, 3.63) is 28.4 Å². The third-order valence-corrected chi connectivity index (χ3v) is 3.38. The van der Waals surface area contributed by atoms with Gasteiger partial charge >= 0.3 is 5.69 Å². The Kier molecular flexibility index (Phi) is 5.04. The summed E-state index contributed by atoms with van der Waals surface area (Å²) in [6.07, 6.45) is 1.56. The SMILES string of the molecule is CCNC(=O)CN1CCN(c2ncccc2[N+](=O)[O-])CC1. The highest BCUT2D eigenvalue weighted by Gasteiger charge is 2.25. The average molecular weight is 293 g/mol. The summed E-state index contributed by atoms with van der Waals surface area (Å²) in [5.41, 5.74) is 0.0228. The van der Waals surface area contributed by atoms with Crippen molar-refractivity contribution in [1.29, 1.82) is 0 Å². The van der Waals surface area contributed by atoms with E-state index in [0.29, 0.717) is 45.1 Å². The van der Waals surface area contributed by atoms with Crippen molar-refractivity contribution >= 4 is 17.4 Å². The summed E-state index contributed by atoms with van der Waals surface area (Å²) in [6.45, 7) is 5.49. The van der Waals surface area contributed by atoms with Crippen LogP contribution in [0.3, 0.4) is 0 Å². The van der Waals surface area contributed by atoms with Crippen molar-refractivity contribution in [3.8, 4) is 0 Å². The van der Waals surface area contributed by atoms with Gasteiger partial charge in [-0.05, 0) is 13.0 Å². The van der Waals surface area contributed by atoms with Crippen LogP contribution in [0.5, 0.6) is 0 Å². The maximum atomic E-state index is 11.5. The van der Waals surface area contributed by atoms with Gasteiger partial charge in [0, 0.05) is 45.0 Å². The van der Waals surface area contributed by atoms with Gasteiger partial charge in [-0.15, -0.1) is 0 Å². The van der Waals surface area contributed by atoms with Gasteiger partial charge in [0.05, 0.1) is 11.5 Å². The van der Waals surface area contributed by atoms with Gasteiger partial charge in [-0.2, -0.15) is 0 Å². The molecule has 8 heteroatoms. The molecule has 0 saturated carbocycles. The van der Waals surface area contributed by atoms with Crippen molar-refractivity contribution in [1.82, 2.24) is 15.2 Å². The first-order chi connectivity index (χ1) is 10.1. The molecule has 114 valence electrons. The smallest absolute Gasteiger partial charge is 0.311 e. The first kappa shape index (κ1) is 15.2. The second-order valence-corrected chi connectivity index (χ2v) is 4.82. The lowest BCUT2D eigenvalue weighted by molar-refractivity contribution is -0.384. The van der Waals surface area contributed by atoms with E-state index < -0.39 is 4.92 Å². The fourth-order valence-electron chi connectivity index (χ4n) is 2.35. The fraction of sp³-hybridized carbons (Fsp3) is 0.538. The Morgan fingerprint density at radius 3 is 2.76 bits per heavy atom. The number of aromatic nitrogens is 1. The molecule has 0 radical (unpaired) electrons. The molecule has 1 aliphatic rings. The summed E-state index contributed by atoms with van der Waals surface area (Å²) < 4.78 is 0. The molecule has 1 saturated heterocycles. The summed E-state index contributed by atoms with van der Waals surface area (Å²) in [5.74, 6) is 0.412. The van der Waals surface area contributed by atoms with Gasteiger partial charge in [-0.1, -0.05) is 0 Å². The zero-order valence-corrected chi connectivity index (χ0v) is 12.0. The van der Waals surface area contributed by atoms with E-state index in [0.717, 1.165) is 0 Å². The van der Waals surface area contributed by atoms with Crippen LogP contribution in [-0.2, 0) is 4.79 Å². The zero-order valence-electron chi connectivity index (χ0n) is 12.0.